The van der Waals surface area contributed by atoms with E-state index in [1.807, 2.05) is 0 Å². The fourth-order valence-corrected chi connectivity index (χ4v) is 2.76. The number of nitrogens with two attached hydrogens (primary N) is 1. The van der Waals surface area contributed by atoms with Crippen LogP contribution in [-0.2, 0) is 0 Å². The number of likely N-dealkylation sites (tertiary alicyclic amines) is 2. The maximum Gasteiger partial charge on any atom is 0.0870 e. The van der Waals surface area contributed by atoms with Crippen LogP contribution < -0.4 is 5.73 Å². The molecule has 2 rings (SSSR count). The number of hydrogen-bond donors (Lipinski definition) is 1. The van der Waals surface area contributed by atoms with Crippen LogP contribution >= 0.6 is 12.2 Å². The van der Waals surface area contributed by atoms with Crippen molar-refractivity contribution < 1.29 is 0 Å². The van der Waals surface area contributed by atoms with Gasteiger partial charge in [0.15, 0.2) is 0 Å². The van der Waals surface area contributed by atoms with E-state index in [2.05, 4.69) is 9.80 Å². The highest BCUT2D eigenvalue weighted by Crippen LogP contribution is 2.19. The van der Waals surface area contributed by atoms with Gasteiger partial charge in [0.1, 0.15) is 0 Å². The van der Waals surface area contributed by atoms with Crippen LogP contribution in [0.25, 0.3) is 0 Å². The highest BCUT2D eigenvalue weighted by atomic mass is 32.1. The van der Waals surface area contributed by atoms with Crippen LogP contribution in [0.3, 0.4) is 0 Å². The largest absolute Gasteiger partial charge is 0.392 e. The molecular weight excluding hydrogens is 194 g/mol. The smallest absolute Gasteiger partial charge is 0.0870 e. The Labute approximate surface area is 91.2 Å². The molecule has 14 heavy (non-hydrogen) atoms. The average molecular weight is 213 g/mol. The molecule has 2 aliphatic rings. The van der Waals surface area contributed by atoms with E-state index < -0.39 is 0 Å². The van der Waals surface area contributed by atoms with Gasteiger partial charge in [-0.15, -0.1) is 0 Å². The van der Waals surface area contributed by atoms with Gasteiger partial charge in [-0.1, -0.05) is 12.2 Å². The first-order valence-corrected chi connectivity index (χ1v) is 5.91. The van der Waals surface area contributed by atoms with Crippen molar-refractivity contribution in [3.8, 4) is 0 Å². The first kappa shape index (κ1) is 10.3. The van der Waals surface area contributed by atoms with E-state index in [4.69, 9.17) is 18.0 Å². The van der Waals surface area contributed by atoms with Crippen molar-refractivity contribution in [3.63, 3.8) is 0 Å². The quantitative estimate of drug-likeness (QED) is 0.690. The summed E-state index contributed by atoms with van der Waals surface area (Å²) in [5, 5.41) is 0. The third kappa shape index (κ3) is 2.43. The Bertz CT molecular complexity index is 213. The van der Waals surface area contributed by atoms with E-state index >= 15 is 0 Å². The predicted molar refractivity (Wildman–Crippen MR) is 62.4 cm³/mol. The predicted octanol–water partition coefficient (Wildman–Crippen LogP) is 0.443. The lowest BCUT2D eigenvalue weighted by atomic mass is 10.2. The van der Waals surface area contributed by atoms with Crippen molar-refractivity contribution in [3.05, 3.63) is 0 Å². The van der Waals surface area contributed by atoms with Gasteiger partial charge in [0, 0.05) is 25.7 Å². The Morgan fingerprint density at radius 1 is 1.29 bits per heavy atom. The Kier molecular flexibility index (Phi) is 3.36. The molecule has 2 N–H and O–H groups in total. The molecule has 0 aromatic heterocycles. The van der Waals surface area contributed by atoms with Crippen LogP contribution in [0.1, 0.15) is 19.3 Å². The standard InChI is InChI=1S/C10H19N3S/c11-10(14)8-12-6-3-9(7-12)13-4-1-2-5-13/h9H,1-8H2,(H2,11,14). The molecule has 4 heteroatoms. The minimum atomic E-state index is 0.632. The highest BCUT2D eigenvalue weighted by molar-refractivity contribution is 7.80. The Hall–Kier alpha value is -0.190. The van der Waals surface area contributed by atoms with E-state index in [1.54, 1.807) is 0 Å². The van der Waals surface area contributed by atoms with E-state index in [9.17, 15) is 0 Å². The summed E-state index contributed by atoms with van der Waals surface area (Å²) in [6.07, 6.45) is 4.06. The average Bonchev–Trinajstić information content (AvgIpc) is 2.69. The molecule has 0 aliphatic carbocycles. The lowest BCUT2D eigenvalue weighted by molar-refractivity contribution is 0.239. The molecular formula is C10H19N3S. The second kappa shape index (κ2) is 4.55. The Morgan fingerprint density at radius 3 is 2.64 bits per heavy atom. The third-order valence-electron chi connectivity index (χ3n) is 3.28. The molecule has 0 aromatic carbocycles. The normalized spacial score (nSPS) is 29.9. The van der Waals surface area contributed by atoms with Gasteiger partial charge >= 0.3 is 0 Å². The maximum atomic E-state index is 5.55. The molecule has 2 heterocycles. The Morgan fingerprint density at radius 2 is 2.00 bits per heavy atom. The monoisotopic (exact) mass is 213 g/mol. The molecule has 2 fully saturated rings. The molecule has 0 amide bonds. The summed E-state index contributed by atoms with van der Waals surface area (Å²) in [7, 11) is 0. The van der Waals surface area contributed by atoms with Gasteiger partial charge in [0.2, 0.25) is 0 Å². The van der Waals surface area contributed by atoms with Gasteiger partial charge in [0.05, 0.1) is 4.99 Å². The summed E-state index contributed by atoms with van der Waals surface area (Å²) in [4.78, 5) is 5.64. The van der Waals surface area contributed by atoms with Crippen LogP contribution in [0, 0.1) is 0 Å². The van der Waals surface area contributed by atoms with Gasteiger partial charge in [-0.25, -0.2) is 0 Å². The zero-order valence-corrected chi connectivity index (χ0v) is 9.43. The van der Waals surface area contributed by atoms with E-state index in [-0.39, 0.29) is 0 Å². The summed E-state index contributed by atoms with van der Waals surface area (Å²) in [5.41, 5.74) is 5.55. The molecule has 1 atom stereocenters. The molecule has 80 valence electrons. The number of rotatable bonds is 3. The van der Waals surface area contributed by atoms with Crippen molar-refractivity contribution in [2.45, 2.75) is 25.3 Å². The minimum Gasteiger partial charge on any atom is -0.392 e. The van der Waals surface area contributed by atoms with Gasteiger partial charge in [-0.3, -0.25) is 9.80 Å². The molecule has 0 radical (unpaired) electrons. The van der Waals surface area contributed by atoms with Gasteiger partial charge < -0.3 is 5.73 Å². The van der Waals surface area contributed by atoms with Crippen LogP contribution in [0.15, 0.2) is 0 Å². The zero-order chi connectivity index (χ0) is 9.97. The number of thiocarbonyl (C=S) groups is 1. The molecule has 0 bridgehead atoms. The summed E-state index contributed by atoms with van der Waals surface area (Å²) in [6, 6.07) is 0.770. The second-order valence-electron chi connectivity index (χ2n) is 4.39. The number of hydrogen-bond acceptors (Lipinski definition) is 3. The van der Waals surface area contributed by atoms with E-state index in [0.717, 1.165) is 19.1 Å². The van der Waals surface area contributed by atoms with E-state index in [0.29, 0.717) is 4.99 Å². The van der Waals surface area contributed by atoms with Crippen LogP contribution in [0.2, 0.25) is 0 Å². The lowest BCUT2D eigenvalue weighted by Crippen LogP contribution is -2.37. The lowest BCUT2D eigenvalue weighted by Gasteiger charge is -2.23. The summed E-state index contributed by atoms with van der Waals surface area (Å²) < 4.78 is 0. The molecule has 0 spiro atoms. The molecule has 0 saturated carbocycles. The van der Waals surface area contributed by atoms with Crippen molar-refractivity contribution in [2.75, 3.05) is 32.7 Å². The van der Waals surface area contributed by atoms with Crippen LogP contribution in [0.4, 0.5) is 0 Å². The van der Waals surface area contributed by atoms with Gasteiger partial charge in [-0.05, 0) is 32.4 Å². The maximum absolute atomic E-state index is 5.55. The van der Waals surface area contributed by atoms with Gasteiger partial charge in [-0.2, -0.15) is 0 Å². The van der Waals surface area contributed by atoms with Gasteiger partial charge in [0.25, 0.3) is 0 Å². The van der Waals surface area contributed by atoms with Crippen LogP contribution in [-0.4, -0.2) is 53.6 Å². The second-order valence-corrected chi connectivity index (χ2v) is 4.91. The fraction of sp³-hybridized carbons (Fsp3) is 0.900. The van der Waals surface area contributed by atoms with Crippen LogP contribution in [0.5, 0.6) is 0 Å². The molecule has 2 aliphatic heterocycles. The van der Waals surface area contributed by atoms with Crippen molar-refractivity contribution in [1.82, 2.24) is 9.80 Å². The fourth-order valence-electron chi connectivity index (χ4n) is 2.58. The molecule has 0 aromatic rings. The summed E-state index contributed by atoms with van der Waals surface area (Å²) in [6.45, 7) is 5.73. The highest BCUT2D eigenvalue weighted by Gasteiger charge is 2.28. The van der Waals surface area contributed by atoms with Crippen molar-refractivity contribution >= 4 is 17.2 Å². The summed E-state index contributed by atoms with van der Waals surface area (Å²) >= 11 is 4.93. The van der Waals surface area contributed by atoms with Crippen molar-refractivity contribution in [2.24, 2.45) is 5.73 Å². The Balaban J connectivity index is 1.78. The zero-order valence-electron chi connectivity index (χ0n) is 8.61. The first-order chi connectivity index (χ1) is 6.75. The minimum absolute atomic E-state index is 0.632. The molecule has 1 unspecified atom stereocenters. The SMILES string of the molecule is NC(=S)CN1CCC(N2CCCC2)C1. The number of nitrogens with zero attached hydrogens (tertiary/aromatic N) is 2. The molecule has 3 nitrogen and oxygen atoms in total. The first-order valence-electron chi connectivity index (χ1n) is 5.50. The topological polar surface area (TPSA) is 32.5 Å². The third-order valence-corrected chi connectivity index (χ3v) is 3.41. The molecule has 2 saturated heterocycles. The van der Waals surface area contributed by atoms with E-state index in [1.165, 1.54) is 38.9 Å². The summed E-state index contributed by atoms with van der Waals surface area (Å²) in [5.74, 6) is 0. The van der Waals surface area contributed by atoms with Crippen molar-refractivity contribution in [1.29, 1.82) is 0 Å².